The second-order valence-electron chi connectivity index (χ2n) is 3.55. The molecule has 1 heterocycles. The second-order valence-corrected chi connectivity index (χ2v) is 6.07. The van der Waals surface area contributed by atoms with Crippen molar-refractivity contribution < 1.29 is 0 Å². The minimum absolute atomic E-state index is 0.554. The van der Waals surface area contributed by atoms with Crippen molar-refractivity contribution in [1.82, 2.24) is 15.5 Å². The van der Waals surface area contributed by atoms with E-state index in [2.05, 4.69) is 36.3 Å². The molecular weight excluding hydrogens is 226 g/mol. The highest BCUT2D eigenvalue weighted by molar-refractivity contribution is 8.01. The Morgan fingerprint density at radius 3 is 2.73 bits per heavy atom. The van der Waals surface area contributed by atoms with Crippen LogP contribution in [0.15, 0.2) is 9.85 Å². The first-order valence-corrected chi connectivity index (χ1v) is 7.18. The highest BCUT2D eigenvalue weighted by atomic mass is 32.2. The molecular formula is C10H19N3S2. The Morgan fingerprint density at radius 1 is 1.47 bits per heavy atom. The molecule has 1 N–H and O–H groups in total. The van der Waals surface area contributed by atoms with Gasteiger partial charge in [-0.05, 0) is 12.8 Å². The van der Waals surface area contributed by atoms with Gasteiger partial charge in [0.15, 0.2) is 4.34 Å². The molecule has 1 aromatic rings. The summed E-state index contributed by atoms with van der Waals surface area (Å²) in [7, 11) is 0. The lowest BCUT2D eigenvalue weighted by atomic mass is 10.2. The van der Waals surface area contributed by atoms with Crippen molar-refractivity contribution in [2.75, 3.05) is 6.54 Å². The summed E-state index contributed by atoms with van der Waals surface area (Å²) in [5.74, 6) is 0. The molecule has 0 spiro atoms. The molecule has 0 saturated carbocycles. The van der Waals surface area contributed by atoms with Crippen LogP contribution in [0, 0.1) is 0 Å². The van der Waals surface area contributed by atoms with Gasteiger partial charge in [0.05, 0.1) is 0 Å². The predicted molar refractivity (Wildman–Crippen MR) is 67.6 cm³/mol. The molecule has 0 fully saturated rings. The SMILES string of the molecule is CCC(CC)NCC(C)Sc1nncs1. The summed E-state index contributed by atoms with van der Waals surface area (Å²) in [5, 5.41) is 12.0. The van der Waals surface area contributed by atoms with Crippen LogP contribution in [0.25, 0.3) is 0 Å². The first kappa shape index (κ1) is 12.9. The zero-order valence-corrected chi connectivity index (χ0v) is 11.2. The van der Waals surface area contributed by atoms with Crippen molar-refractivity contribution in [3.8, 4) is 0 Å². The number of thioether (sulfide) groups is 1. The molecule has 0 aliphatic rings. The third-order valence-corrected chi connectivity index (χ3v) is 4.23. The van der Waals surface area contributed by atoms with Gasteiger partial charge in [-0.15, -0.1) is 10.2 Å². The van der Waals surface area contributed by atoms with Gasteiger partial charge in [0.2, 0.25) is 0 Å². The summed E-state index contributed by atoms with van der Waals surface area (Å²) >= 11 is 3.41. The fourth-order valence-corrected chi connectivity index (χ4v) is 3.08. The fraction of sp³-hybridized carbons (Fsp3) is 0.800. The Balaban J connectivity index is 2.21. The fourth-order valence-electron chi connectivity index (χ4n) is 1.34. The van der Waals surface area contributed by atoms with Gasteiger partial charge in [0, 0.05) is 17.8 Å². The van der Waals surface area contributed by atoms with Crippen molar-refractivity contribution in [2.24, 2.45) is 0 Å². The average Bonchev–Trinajstić information content (AvgIpc) is 2.72. The van der Waals surface area contributed by atoms with Gasteiger partial charge in [-0.3, -0.25) is 0 Å². The maximum Gasteiger partial charge on any atom is 0.174 e. The Morgan fingerprint density at radius 2 is 2.20 bits per heavy atom. The van der Waals surface area contributed by atoms with E-state index in [0.717, 1.165) is 10.9 Å². The Bertz CT molecular complexity index is 247. The molecule has 0 radical (unpaired) electrons. The third kappa shape index (κ3) is 4.95. The molecule has 1 atom stereocenters. The van der Waals surface area contributed by atoms with Crippen LogP contribution >= 0.6 is 23.1 Å². The molecule has 0 amide bonds. The minimum Gasteiger partial charge on any atom is -0.313 e. The van der Waals surface area contributed by atoms with E-state index in [4.69, 9.17) is 0 Å². The van der Waals surface area contributed by atoms with Crippen LogP contribution in [0.4, 0.5) is 0 Å². The minimum atomic E-state index is 0.554. The maximum absolute atomic E-state index is 4.03. The second kappa shape index (κ2) is 7.19. The first-order chi connectivity index (χ1) is 7.26. The molecule has 1 unspecified atom stereocenters. The van der Waals surface area contributed by atoms with Gasteiger partial charge >= 0.3 is 0 Å². The van der Waals surface area contributed by atoms with Crippen LogP contribution in [-0.2, 0) is 0 Å². The topological polar surface area (TPSA) is 37.8 Å². The van der Waals surface area contributed by atoms with Gasteiger partial charge in [0.25, 0.3) is 0 Å². The summed E-state index contributed by atoms with van der Waals surface area (Å²) in [6, 6.07) is 0.655. The van der Waals surface area contributed by atoms with Crippen LogP contribution in [-0.4, -0.2) is 28.0 Å². The zero-order valence-electron chi connectivity index (χ0n) is 9.56. The number of nitrogens with one attached hydrogen (secondary N) is 1. The summed E-state index contributed by atoms with van der Waals surface area (Å²) in [5.41, 5.74) is 1.78. The average molecular weight is 245 g/mol. The molecule has 1 rings (SSSR count). The van der Waals surface area contributed by atoms with Crippen molar-refractivity contribution in [1.29, 1.82) is 0 Å². The molecule has 5 heteroatoms. The normalized spacial score (nSPS) is 13.3. The predicted octanol–water partition coefficient (Wildman–Crippen LogP) is 2.80. The Hall–Kier alpha value is -0.130. The van der Waals surface area contributed by atoms with Crippen LogP contribution in [0.3, 0.4) is 0 Å². The van der Waals surface area contributed by atoms with Crippen molar-refractivity contribution in [2.45, 2.75) is 49.2 Å². The van der Waals surface area contributed by atoms with Crippen molar-refractivity contribution in [3.05, 3.63) is 5.51 Å². The molecule has 0 aliphatic carbocycles. The summed E-state index contributed by atoms with van der Waals surface area (Å²) in [4.78, 5) is 0. The van der Waals surface area contributed by atoms with E-state index in [0.29, 0.717) is 11.3 Å². The van der Waals surface area contributed by atoms with Gasteiger partial charge in [-0.1, -0.05) is 43.9 Å². The van der Waals surface area contributed by atoms with Crippen molar-refractivity contribution >= 4 is 23.1 Å². The van der Waals surface area contributed by atoms with Gasteiger partial charge in [-0.2, -0.15) is 0 Å². The Labute approximate surface area is 100 Å². The smallest absolute Gasteiger partial charge is 0.174 e. The monoisotopic (exact) mass is 245 g/mol. The van der Waals surface area contributed by atoms with E-state index in [1.54, 1.807) is 28.6 Å². The van der Waals surface area contributed by atoms with Crippen LogP contribution in [0.1, 0.15) is 33.6 Å². The number of hydrogen-bond acceptors (Lipinski definition) is 5. The summed E-state index contributed by atoms with van der Waals surface area (Å²) in [6.45, 7) is 7.71. The van der Waals surface area contributed by atoms with Crippen LogP contribution in [0.2, 0.25) is 0 Å². The Kier molecular flexibility index (Phi) is 6.20. The quantitative estimate of drug-likeness (QED) is 0.750. The summed E-state index contributed by atoms with van der Waals surface area (Å²) in [6.07, 6.45) is 2.40. The van der Waals surface area contributed by atoms with Gasteiger partial charge in [-0.25, -0.2) is 0 Å². The van der Waals surface area contributed by atoms with E-state index in [9.17, 15) is 0 Å². The molecule has 3 nitrogen and oxygen atoms in total. The maximum atomic E-state index is 4.03. The molecule has 0 aliphatic heterocycles. The zero-order chi connectivity index (χ0) is 11.1. The molecule has 0 bridgehead atoms. The van der Waals surface area contributed by atoms with E-state index in [-0.39, 0.29) is 0 Å². The lowest BCUT2D eigenvalue weighted by molar-refractivity contribution is 0.488. The largest absolute Gasteiger partial charge is 0.313 e. The number of nitrogens with zero attached hydrogens (tertiary/aromatic N) is 2. The number of aromatic nitrogens is 2. The van der Waals surface area contributed by atoms with E-state index in [1.165, 1.54) is 12.8 Å². The van der Waals surface area contributed by atoms with Gasteiger partial charge < -0.3 is 5.32 Å². The molecule has 0 saturated heterocycles. The van der Waals surface area contributed by atoms with E-state index in [1.807, 2.05) is 0 Å². The first-order valence-electron chi connectivity index (χ1n) is 5.42. The lowest BCUT2D eigenvalue weighted by Crippen LogP contribution is -2.32. The lowest BCUT2D eigenvalue weighted by Gasteiger charge is -2.17. The van der Waals surface area contributed by atoms with Gasteiger partial charge in [0.1, 0.15) is 5.51 Å². The summed E-state index contributed by atoms with van der Waals surface area (Å²) < 4.78 is 1.06. The number of rotatable bonds is 7. The number of hydrogen-bond donors (Lipinski definition) is 1. The van der Waals surface area contributed by atoms with Crippen LogP contribution in [0.5, 0.6) is 0 Å². The highest BCUT2D eigenvalue weighted by Gasteiger charge is 2.09. The standard InChI is InChI=1S/C10H19N3S2/c1-4-9(5-2)11-6-8(3)15-10-13-12-7-14-10/h7-9,11H,4-6H2,1-3H3. The van der Waals surface area contributed by atoms with Crippen molar-refractivity contribution in [3.63, 3.8) is 0 Å². The molecule has 15 heavy (non-hydrogen) atoms. The van der Waals surface area contributed by atoms with E-state index >= 15 is 0 Å². The highest BCUT2D eigenvalue weighted by Crippen LogP contribution is 2.23. The molecule has 86 valence electrons. The van der Waals surface area contributed by atoms with E-state index < -0.39 is 0 Å². The third-order valence-electron chi connectivity index (χ3n) is 2.32. The molecule has 0 aromatic carbocycles. The molecule has 1 aromatic heterocycles. The van der Waals surface area contributed by atoms with Crippen LogP contribution < -0.4 is 5.32 Å².